The highest BCUT2D eigenvalue weighted by Crippen LogP contribution is 2.25. The van der Waals surface area contributed by atoms with Gasteiger partial charge in [-0.2, -0.15) is 0 Å². The van der Waals surface area contributed by atoms with Crippen molar-refractivity contribution in [3.05, 3.63) is 82.6 Å². The first-order valence-corrected chi connectivity index (χ1v) is 8.24. The molecule has 0 spiro atoms. The van der Waals surface area contributed by atoms with E-state index >= 15 is 0 Å². The Balaban J connectivity index is 1.98. The van der Waals surface area contributed by atoms with Crippen molar-refractivity contribution in [3.63, 3.8) is 0 Å². The lowest BCUT2D eigenvalue weighted by Gasteiger charge is -2.20. The second-order valence-electron chi connectivity index (χ2n) is 5.70. The van der Waals surface area contributed by atoms with E-state index in [1.165, 1.54) is 12.1 Å². The average molecular weight is 374 g/mol. The van der Waals surface area contributed by atoms with Crippen molar-refractivity contribution in [1.82, 2.24) is 14.9 Å². The molecule has 1 aromatic heterocycles. The molecule has 0 saturated carbocycles. The SMILES string of the molecule is COc1cccc(C(NC(=O)c2ccc(F)cc2Cl)c2nccn2C)c1. The lowest BCUT2D eigenvalue weighted by Crippen LogP contribution is -2.31. The normalized spacial score (nSPS) is 11.8. The van der Waals surface area contributed by atoms with E-state index in [9.17, 15) is 9.18 Å². The predicted octanol–water partition coefficient (Wildman–Crippen LogP) is 3.74. The highest BCUT2D eigenvalue weighted by molar-refractivity contribution is 6.33. The summed E-state index contributed by atoms with van der Waals surface area (Å²) in [6.45, 7) is 0. The highest BCUT2D eigenvalue weighted by atomic mass is 35.5. The van der Waals surface area contributed by atoms with Crippen molar-refractivity contribution in [3.8, 4) is 5.75 Å². The molecule has 7 heteroatoms. The monoisotopic (exact) mass is 373 g/mol. The largest absolute Gasteiger partial charge is 0.497 e. The van der Waals surface area contributed by atoms with Gasteiger partial charge in [0.05, 0.1) is 17.7 Å². The van der Waals surface area contributed by atoms with Crippen LogP contribution in [-0.4, -0.2) is 22.6 Å². The van der Waals surface area contributed by atoms with Crippen LogP contribution in [0.25, 0.3) is 0 Å². The summed E-state index contributed by atoms with van der Waals surface area (Å²) < 4.78 is 20.3. The molecule has 2 aromatic carbocycles. The van der Waals surface area contributed by atoms with Crippen LogP contribution in [0, 0.1) is 5.82 Å². The van der Waals surface area contributed by atoms with Crippen LogP contribution < -0.4 is 10.1 Å². The van der Waals surface area contributed by atoms with Gasteiger partial charge in [-0.05, 0) is 35.9 Å². The smallest absolute Gasteiger partial charge is 0.253 e. The van der Waals surface area contributed by atoms with Crippen molar-refractivity contribution in [2.45, 2.75) is 6.04 Å². The molecule has 0 radical (unpaired) electrons. The van der Waals surface area contributed by atoms with E-state index in [2.05, 4.69) is 10.3 Å². The molecule has 1 atom stereocenters. The van der Waals surface area contributed by atoms with Gasteiger partial charge in [0.1, 0.15) is 23.4 Å². The minimum Gasteiger partial charge on any atom is -0.497 e. The van der Waals surface area contributed by atoms with Gasteiger partial charge in [-0.15, -0.1) is 0 Å². The lowest BCUT2D eigenvalue weighted by atomic mass is 10.0. The molecule has 1 heterocycles. The van der Waals surface area contributed by atoms with Crippen molar-refractivity contribution in [2.75, 3.05) is 7.11 Å². The second kappa shape index (κ2) is 7.58. The van der Waals surface area contributed by atoms with Crippen molar-refractivity contribution in [2.24, 2.45) is 7.05 Å². The third kappa shape index (κ3) is 3.70. The number of aryl methyl sites for hydroxylation is 1. The summed E-state index contributed by atoms with van der Waals surface area (Å²) in [5.74, 6) is 0.381. The summed E-state index contributed by atoms with van der Waals surface area (Å²) in [5, 5.41) is 2.97. The van der Waals surface area contributed by atoms with Crippen LogP contribution in [0.5, 0.6) is 5.75 Å². The Kier molecular flexibility index (Phi) is 5.23. The maximum Gasteiger partial charge on any atom is 0.253 e. The Morgan fingerprint density at radius 1 is 1.31 bits per heavy atom. The molecule has 0 aliphatic carbocycles. The molecule has 3 rings (SSSR count). The minimum atomic E-state index is -0.529. The number of halogens is 2. The topological polar surface area (TPSA) is 56.1 Å². The van der Waals surface area contributed by atoms with Gasteiger partial charge in [-0.3, -0.25) is 4.79 Å². The Hall–Kier alpha value is -2.86. The van der Waals surface area contributed by atoms with Crippen LogP contribution in [0.2, 0.25) is 5.02 Å². The Bertz CT molecular complexity index is 942. The first-order chi connectivity index (χ1) is 12.5. The molecular weight excluding hydrogens is 357 g/mol. The number of benzene rings is 2. The number of methoxy groups -OCH3 is 1. The van der Waals surface area contributed by atoms with Crippen LogP contribution >= 0.6 is 11.6 Å². The molecule has 0 fully saturated rings. The number of carbonyl (C=O) groups is 1. The second-order valence-corrected chi connectivity index (χ2v) is 6.11. The third-order valence-corrected chi connectivity index (χ3v) is 4.31. The molecule has 26 heavy (non-hydrogen) atoms. The highest BCUT2D eigenvalue weighted by Gasteiger charge is 2.23. The molecule has 1 amide bonds. The van der Waals surface area contributed by atoms with Crippen LogP contribution in [0.15, 0.2) is 54.9 Å². The molecule has 3 aromatic rings. The van der Waals surface area contributed by atoms with E-state index in [1.54, 1.807) is 19.5 Å². The first-order valence-electron chi connectivity index (χ1n) is 7.86. The molecule has 5 nitrogen and oxygen atoms in total. The zero-order valence-electron chi connectivity index (χ0n) is 14.2. The summed E-state index contributed by atoms with van der Waals surface area (Å²) >= 11 is 6.02. The molecule has 0 aliphatic rings. The number of hydrogen-bond donors (Lipinski definition) is 1. The number of ether oxygens (including phenoxy) is 1. The van der Waals surface area contributed by atoms with E-state index < -0.39 is 17.8 Å². The zero-order valence-corrected chi connectivity index (χ0v) is 15.0. The van der Waals surface area contributed by atoms with Gasteiger partial charge in [-0.1, -0.05) is 23.7 Å². The molecule has 0 aliphatic heterocycles. The van der Waals surface area contributed by atoms with Crippen LogP contribution in [0.3, 0.4) is 0 Å². The van der Waals surface area contributed by atoms with E-state index in [-0.39, 0.29) is 10.6 Å². The third-order valence-electron chi connectivity index (χ3n) is 3.99. The summed E-state index contributed by atoms with van der Waals surface area (Å²) in [4.78, 5) is 17.1. The standard InChI is InChI=1S/C19H17ClFN3O2/c1-24-9-8-22-18(24)17(12-4-3-5-14(10-12)26-2)23-19(25)15-7-6-13(21)11-16(15)20/h3-11,17H,1-2H3,(H,23,25). The number of nitrogens with one attached hydrogen (secondary N) is 1. The molecule has 0 saturated heterocycles. The summed E-state index contributed by atoms with van der Waals surface area (Å²) in [7, 11) is 3.41. The van der Waals surface area contributed by atoms with Gasteiger partial charge in [0.25, 0.3) is 5.91 Å². The van der Waals surface area contributed by atoms with Gasteiger partial charge in [0, 0.05) is 19.4 Å². The summed E-state index contributed by atoms with van der Waals surface area (Å²) in [5.41, 5.74) is 0.986. The lowest BCUT2D eigenvalue weighted by molar-refractivity contribution is 0.0941. The first kappa shape index (κ1) is 17.9. The number of nitrogens with zero attached hydrogens (tertiary/aromatic N) is 2. The number of aromatic nitrogens is 2. The maximum absolute atomic E-state index is 13.3. The van der Waals surface area contributed by atoms with Crippen LogP contribution in [-0.2, 0) is 7.05 Å². The molecule has 1 unspecified atom stereocenters. The van der Waals surface area contributed by atoms with Gasteiger partial charge in [-0.25, -0.2) is 9.37 Å². The van der Waals surface area contributed by atoms with Gasteiger partial charge >= 0.3 is 0 Å². The van der Waals surface area contributed by atoms with Crippen molar-refractivity contribution in [1.29, 1.82) is 0 Å². The number of amides is 1. The maximum atomic E-state index is 13.3. The number of imidazole rings is 1. The number of carbonyl (C=O) groups excluding carboxylic acids is 1. The van der Waals surface area contributed by atoms with E-state index in [0.717, 1.165) is 11.6 Å². The van der Waals surface area contributed by atoms with Gasteiger partial charge in [0.2, 0.25) is 0 Å². The molecule has 1 N–H and O–H groups in total. The van der Waals surface area contributed by atoms with E-state index in [0.29, 0.717) is 11.6 Å². The molecule has 134 valence electrons. The fourth-order valence-electron chi connectivity index (χ4n) is 2.66. The average Bonchev–Trinajstić information content (AvgIpc) is 3.05. The van der Waals surface area contributed by atoms with E-state index in [4.69, 9.17) is 16.3 Å². The minimum absolute atomic E-state index is 0.0479. The van der Waals surface area contributed by atoms with Crippen LogP contribution in [0.1, 0.15) is 27.8 Å². The predicted molar refractivity (Wildman–Crippen MR) is 96.9 cm³/mol. The Morgan fingerprint density at radius 2 is 2.12 bits per heavy atom. The summed E-state index contributed by atoms with van der Waals surface area (Å²) in [6, 6.07) is 10.5. The number of rotatable bonds is 5. The fraction of sp³-hybridized carbons (Fsp3) is 0.158. The van der Waals surface area contributed by atoms with Gasteiger partial charge < -0.3 is 14.6 Å². The fourth-order valence-corrected chi connectivity index (χ4v) is 2.91. The number of hydrogen-bond acceptors (Lipinski definition) is 3. The Labute approximate surface area is 155 Å². The zero-order chi connectivity index (χ0) is 18.7. The molecule has 0 bridgehead atoms. The van der Waals surface area contributed by atoms with Gasteiger partial charge in [0.15, 0.2) is 0 Å². The van der Waals surface area contributed by atoms with Crippen LogP contribution in [0.4, 0.5) is 4.39 Å². The van der Waals surface area contributed by atoms with Crippen molar-refractivity contribution < 1.29 is 13.9 Å². The Morgan fingerprint density at radius 3 is 2.77 bits per heavy atom. The van der Waals surface area contributed by atoms with Crippen molar-refractivity contribution >= 4 is 17.5 Å². The summed E-state index contributed by atoms with van der Waals surface area (Å²) in [6.07, 6.45) is 3.44. The molecular formula is C19H17ClFN3O2. The van der Waals surface area contributed by atoms with E-state index in [1.807, 2.05) is 35.9 Å². The quantitative estimate of drug-likeness (QED) is 0.741.